The molecule has 0 bridgehead atoms. The molecule has 0 fully saturated rings. The second-order valence-electron chi connectivity index (χ2n) is 9.51. The number of aryl methyl sites for hydroxylation is 2. The van der Waals surface area contributed by atoms with E-state index in [1.165, 1.54) is 55.6 Å². The minimum Gasteiger partial charge on any atom is -0.264 e. The number of aromatic nitrogens is 2. The number of fused-ring (bicyclic) bond motifs is 6. The van der Waals surface area contributed by atoms with Crippen LogP contribution in [-0.2, 0) is 12.8 Å². The summed E-state index contributed by atoms with van der Waals surface area (Å²) in [6, 6.07) is 32.5. The number of hydrogen-bond acceptors (Lipinski definition) is 2. The van der Waals surface area contributed by atoms with Gasteiger partial charge in [-0.25, -0.2) is 0 Å². The van der Waals surface area contributed by atoms with Crippen molar-refractivity contribution >= 4 is 44.7 Å². The zero-order chi connectivity index (χ0) is 23.6. The minimum atomic E-state index is 0. The molecule has 2 heterocycles. The Bertz CT molecular complexity index is 1590. The van der Waals surface area contributed by atoms with Crippen LogP contribution in [0, 0.1) is 6.92 Å². The average molecular weight is 489 g/mol. The first-order valence-corrected chi connectivity index (χ1v) is 12.4. The van der Waals surface area contributed by atoms with E-state index in [2.05, 4.69) is 89.7 Å². The summed E-state index contributed by atoms with van der Waals surface area (Å²) in [6.07, 6.45) is 9.07. The van der Waals surface area contributed by atoms with Gasteiger partial charge in [-0.1, -0.05) is 72.8 Å². The van der Waals surface area contributed by atoms with Crippen molar-refractivity contribution < 1.29 is 0 Å². The average Bonchev–Trinajstić information content (AvgIpc) is 2.93. The van der Waals surface area contributed by atoms with Gasteiger partial charge in [-0.05, 0) is 93.4 Å². The lowest BCUT2D eigenvalue weighted by Gasteiger charge is -2.26. The second-order valence-corrected chi connectivity index (χ2v) is 9.51. The molecule has 6 aromatic rings. The Labute approximate surface area is 218 Å². The van der Waals surface area contributed by atoms with Crippen molar-refractivity contribution in [2.45, 2.75) is 32.1 Å². The molecule has 36 heavy (non-hydrogen) atoms. The van der Waals surface area contributed by atoms with Crippen LogP contribution >= 0.6 is 12.4 Å². The van der Waals surface area contributed by atoms with Gasteiger partial charge in [0.1, 0.15) is 0 Å². The Balaban J connectivity index is 0.000000204. The van der Waals surface area contributed by atoms with Crippen LogP contribution in [0.25, 0.3) is 32.3 Å². The topological polar surface area (TPSA) is 25.8 Å². The lowest BCUT2D eigenvalue weighted by Crippen LogP contribution is -2.14. The first-order chi connectivity index (χ1) is 17.3. The molecule has 3 heteroatoms. The van der Waals surface area contributed by atoms with Crippen molar-refractivity contribution in [3.05, 3.63) is 132 Å². The van der Waals surface area contributed by atoms with E-state index in [1.807, 2.05) is 36.8 Å². The maximum Gasteiger partial charge on any atom is 0.0440 e. The van der Waals surface area contributed by atoms with Crippen LogP contribution in [0.1, 0.15) is 34.7 Å². The summed E-state index contributed by atoms with van der Waals surface area (Å²) in [5, 5.41) is 7.97. The standard InChI is InChI=1S/C24H21N.C9H7N.ClH/c1-16-12-13-25-24(14-16)19-8-9-21-18(15-19)7-11-22-20-5-3-2-4-17(20)6-10-23(21)22;1-2-4-9-7-10-6-5-8(9)3-1;/h2-7,10-14,19H,8-9,15H2,1H3;1-7H;1H. The molecular formula is C33H29ClN2. The van der Waals surface area contributed by atoms with Gasteiger partial charge >= 0.3 is 0 Å². The van der Waals surface area contributed by atoms with Crippen LogP contribution in [0.15, 0.2) is 110 Å². The van der Waals surface area contributed by atoms with Crippen LogP contribution in [0.5, 0.6) is 0 Å². The zero-order valence-electron chi connectivity index (χ0n) is 20.4. The smallest absolute Gasteiger partial charge is 0.0440 e. The molecule has 7 rings (SSSR count). The van der Waals surface area contributed by atoms with Gasteiger partial charge < -0.3 is 0 Å². The summed E-state index contributed by atoms with van der Waals surface area (Å²) in [7, 11) is 0. The van der Waals surface area contributed by atoms with E-state index < -0.39 is 0 Å². The molecule has 4 aromatic carbocycles. The van der Waals surface area contributed by atoms with E-state index in [9.17, 15) is 0 Å². The lowest BCUT2D eigenvalue weighted by atomic mass is 9.79. The predicted octanol–water partition coefficient (Wildman–Crippen LogP) is 8.63. The van der Waals surface area contributed by atoms with E-state index in [0.717, 1.165) is 12.8 Å². The number of hydrogen-bond donors (Lipinski definition) is 0. The summed E-state index contributed by atoms with van der Waals surface area (Å²) in [4.78, 5) is 8.65. The minimum absolute atomic E-state index is 0. The molecular weight excluding hydrogens is 460 g/mol. The fourth-order valence-corrected chi connectivity index (χ4v) is 5.43. The highest BCUT2D eigenvalue weighted by Gasteiger charge is 2.23. The Morgan fingerprint density at radius 2 is 1.47 bits per heavy atom. The number of benzene rings is 4. The Morgan fingerprint density at radius 3 is 2.31 bits per heavy atom. The molecule has 0 amide bonds. The molecule has 0 radical (unpaired) electrons. The molecule has 0 saturated carbocycles. The van der Waals surface area contributed by atoms with E-state index in [4.69, 9.17) is 0 Å². The van der Waals surface area contributed by atoms with Gasteiger partial charge in [-0.3, -0.25) is 9.97 Å². The molecule has 178 valence electrons. The molecule has 0 aliphatic heterocycles. The lowest BCUT2D eigenvalue weighted by molar-refractivity contribution is 0.573. The number of nitrogens with zero attached hydrogens (tertiary/aromatic N) is 2. The first-order valence-electron chi connectivity index (χ1n) is 12.4. The Kier molecular flexibility index (Phi) is 6.97. The van der Waals surface area contributed by atoms with E-state index >= 15 is 0 Å². The van der Waals surface area contributed by atoms with E-state index in [0.29, 0.717) is 5.92 Å². The van der Waals surface area contributed by atoms with Crippen LogP contribution in [0.3, 0.4) is 0 Å². The van der Waals surface area contributed by atoms with Crippen LogP contribution < -0.4 is 0 Å². The molecule has 1 aliphatic carbocycles. The molecule has 1 unspecified atom stereocenters. The first kappa shape index (κ1) is 24.0. The molecule has 2 aromatic heterocycles. The van der Waals surface area contributed by atoms with Crippen LogP contribution in [0.2, 0.25) is 0 Å². The monoisotopic (exact) mass is 488 g/mol. The highest BCUT2D eigenvalue weighted by molar-refractivity contribution is 6.08. The van der Waals surface area contributed by atoms with Gasteiger partial charge in [0.05, 0.1) is 0 Å². The molecule has 0 saturated heterocycles. The van der Waals surface area contributed by atoms with E-state index in [-0.39, 0.29) is 12.4 Å². The molecule has 2 nitrogen and oxygen atoms in total. The van der Waals surface area contributed by atoms with Crippen molar-refractivity contribution in [1.29, 1.82) is 0 Å². The number of rotatable bonds is 1. The maximum absolute atomic E-state index is 4.64. The van der Waals surface area contributed by atoms with E-state index in [1.54, 1.807) is 5.56 Å². The van der Waals surface area contributed by atoms with Gasteiger partial charge in [0.25, 0.3) is 0 Å². The number of halogens is 1. The summed E-state index contributed by atoms with van der Waals surface area (Å²) >= 11 is 0. The molecule has 0 spiro atoms. The number of pyridine rings is 2. The predicted molar refractivity (Wildman–Crippen MR) is 154 cm³/mol. The van der Waals surface area contributed by atoms with Gasteiger partial charge in [0.15, 0.2) is 0 Å². The van der Waals surface area contributed by atoms with Crippen molar-refractivity contribution in [3.63, 3.8) is 0 Å². The summed E-state index contributed by atoms with van der Waals surface area (Å²) in [6.45, 7) is 2.15. The zero-order valence-corrected chi connectivity index (χ0v) is 21.2. The van der Waals surface area contributed by atoms with Crippen molar-refractivity contribution in [2.75, 3.05) is 0 Å². The summed E-state index contributed by atoms with van der Waals surface area (Å²) in [5.41, 5.74) is 5.61. The summed E-state index contributed by atoms with van der Waals surface area (Å²) < 4.78 is 0. The fourth-order valence-electron chi connectivity index (χ4n) is 5.43. The third kappa shape index (κ3) is 4.69. The Morgan fingerprint density at radius 1 is 0.694 bits per heavy atom. The molecule has 0 N–H and O–H groups in total. The third-order valence-corrected chi connectivity index (χ3v) is 7.25. The van der Waals surface area contributed by atoms with Crippen LogP contribution in [-0.4, -0.2) is 9.97 Å². The normalized spacial score (nSPS) is 14.5. The van der Waals surface area contributed by atoms with Gasteiger partial charge in [0.2, 0.25) is 0 Å². The van der Waals surface area contributed by atoms with Crippen molar-refractivity contribution in [1.82, 2.24) is 9.97 Å². The summed E-state index contributed by atoms with van der Waals surface area (Å²) in [5.74, 6) is 0.547. The maximum atomic E-state index is 4.64. The molecule has 1 aliphatic rings. The third-order valence-electron chi connectivity index (χ3n) is 7.25. The van der Waals surface area contributed by atoms with Gasteiger partial charge in [0, 0.05) is 30.2 Å². The van der Waals surface area contributed by atoms with Crippen LogP contribution in [0.4, 0.5) is 0 Å². The SMILES string of the molecule is Cc1ccnc(C2CCc3c(ccc4c3ccc3ccccc34)C2)c1.Cl.c1ccc2cnccc2c1. The highest BCUT2D eigenvalue weighted by Crippen LogP contribution is 2.37. The van der Waals surface area contributed by atoms with Gasteiger partial charge in [-0.2, -0.15) is 0 Å². The van der Waals surface area contributed by atoms with Crippen molar-refractivity contribution in [2.24, 2.45) is 0 Å². The Hall–Kier alpha value is -3.75. The van der Waals surface area contributed by atoms with Crippen molar-refractivity contribution in [3.8, 4) is 0 Å². The molecule has 1 atom stereocenters. The largest absolute Gasteiger partial charge is 0.264 e. The quantitative estimate of drug-likeness (QED) is 0.216. The highest BCUT2D eigenvalue weighted by atomic mass is 35.5. The van der Waals surface area contributed by atoms with Gasteiger partial charge in [-0.15, -0.1) is 12.4 Å². The fraction of sp³-hybridized carbons (Fsp3) is 0.152. The second kappa shape index (κ2) is 10.5.